The summed E-state index contributed by atoms with van der Waals surface area (Å²) < 4.78 is 57.7. The van der Waals surface area contributed by atoms with E-state index < -0.39 is 26.8 Å². The van der Waals surface area contributed by atoms with Crippen LogP contribution in [0.3, 0.4) is 0 Å². The Labute approximate surface area is 132 Å². The Morgan fingerprint density at radius 2 is 1.83 bits per heavy atom. The molecule has 2 atom stereocenters. The van der Waals surface area contributed by atoms with Crippen molar-refractivity contribution in [2.75, 3.05) is 13.7 Å². The van der Waals surface area contributed by atoms with Crippen LogP contribution in [-0.2, 0) is 28.6 Å². The third-order valence-corrected chi connectivity index (χ3v) is 6.63. The lowest BCUT2D eigenvalue weighted by atomic mass is 9.49. The summed E-state index contributed by atoms with van der Waals surface area (Å²) in [4.78, 5) is 23.6. The van der Waals surface area contributed by atoms with Crippen LogP contribution in [0.25, 0.3) is 0 Å². The highest BCUT2D eigenvalue weighted by molar-refractivity contribution is 7.88. The van der Waals surface area contributed by atoms with Gasteiger partial charge in [0.05, 0.1) is 13.7 Å². The van der Waals surface area contributed by atoms with Crippen molar-refractivity contribution in [3.63, 3.8) is 0 Å². The molecular formula is C14H18F2O6S. The van der Waals surface area contributed by atoms with Gasteiger partial charge in [0.25, 0.3) is 0 Å². The Morgan fingerprint density at radius 1 is 1.26 bits per heavy atom. The molecular weight excluding hydrogens is 334 g/mol. The van der Waals surface area contributed by atoms with Crippen LogP contribution < -0.4 is 0 Å². The van der Waals surface area contributed by atoms with Gasteiger partial charge in [0.2, 0.25) is 0 Å². The van der Waals surface area contributed by atoms with E-state index in [0.29, 0.717) is 25.9 Å². The minimum absolute atomic E-state index is 0.0804. The maximum atomic E-state index is 13.6. The Balaban J connectivity index is 1.69. The van der Waals surface area contributed by atoms with Crippen LogP contribution in [0.2, 0.25) is 0 Å². The molecule has 6 nitrogen and oxygen atoms in total. The summed E-state index contributed by atoms with van der Waals surface area (Å²) in [6.45, 7) is -0.280. The van der Waals surface area contributed by atoms with E-state index in [0.717, 1.165) is 19.3 Å². The highest BCUT2D eigenvalue weighted by atomic mass is 32.2. The number of halogens is 2. The molecule has 0 spiro atoms. The second-order valence-corrected chi connectivity index (χ2v) is 8.71. The van der Waals surface area contributed by atoms with Crippen LogP contribution in [0.4, 0.5) is 8.78 Å². The van der Waals surface area contributed by atoms with Gasteiger partial charge in [0, 0.05) is 17.3 Å². The lowest BCUT2D eigenvalue weighted by Gasteiger charge is -2.55. The predicted molar refractivity (Wildman–Crippen MR) is 72.8 cm³/mol. The van der Waals surface area contributed by atoms with E-state index >= 15 is 0 Å². The zero-order chi connectivity index (χ0) is 17.0. The first-order chi connectivity index (χ1) is 10.6. The first-order valence-electron chi connectivity index (χ1n) is 7.49. The Kier molecular flexibility index (Phi) is 3.79. The highest BCUT2D eigenvalue weighted by Gasteiger charge is 2.58. The van der Waals surface area contributed by atoms with Crippen LogP contribution in [0.15, 0.2) is 0 Å². The molecule has 0 N–H and O–H groups in total. The minimum Gasteiger partial charge on any atom is -0.460 e. The molecule has 4 rings (SSSR count). The number of ketones is 1. The summed E-state index contributed by atoms with van der Waals surface area (Å²) in [7, 11) is -4.79. The van der Waals surface area contributed by atoms with Gasteiger partial charge in [-0.05, 0) is 38.0 Å². The van der Waals surface area contributed by atoms with Crippen molar-refractivity contribution >= 4 is 21.9 Å². The molecule has 0 aliphatic heterocycles. The molecule has 0 aromatic heterocycles. The molecule has 0 saturated heterocycles. The summed E-state index contributed by atoms with van der Waals surface area (Å²) in [6.07, 6.45) is 3.41. The number of esters is 1. The predicted octanol–water partition coefficient (Wildman–Crippen LogP) is 1.49. The summed E-state index contributed by atoms with van der Waals surface area (Å²) in [5.74, 6) is -1.70. The van der Waals surface area contributed by atoms with Crippen molar-refractivity contribution in [1.82, 2.24) is 0 Å². The number of ether oxygens (including phenoxy) is 1. The third-order valence-electron chi connectivity index (χ3n) is 5.40. The summed E-state index contributed by atoms with van der Waals surface area (Å²) in [5.41, 5.74) is -0.479. The van der Waals surface area contributed by atoms with Crippen molar-refractivity contribution in [3.05, 3.63) is 0 Å². The molecule has 0 radical (unpaired) electrons. The van der Waals surface area contributed by atoms with Gasteiger partial charge in [-0.25, -0.2) is 4.79 Å². The zero-order valence-corrected chi connectivity index (χ0v) is 13.4. The molecule has 0 aromatic rings. The first-order valence-corrected chi connectivity index (χ1v) is 8.90. The Hall–Kier alpha value is -1.09. The first kappa shape index (κ1) is 16.8. The standard InChI is InChI=1S/C14H18F2O6S/c1-21-23(19,20)14(15,16)12(18)22-7-13-4-8-2-9(5-13)11(17)10(3-8)6-13/h8-10H,2-7H2,1H3. The normalized spacial score (nSPS) is 36.3. The molecule has 4 fully saturated rings. The molecule has 0 aromatic carbocycles. The fourth-order valence-electron chi connectivity index (χ4n) is 4.60. The van der Waals surface area contributed by atoms with Gasteiger partial charge in [-0.15, -0.1) is 0 Å². The highest BCUT2D eigenvalue weighted by Crippen LogP contribution is 2.58. The number of carbonyl (C=O) groups excluding carboxylic acids is 2. The van der Waals surface area contributed by atoms with Crippen LogP contribution in [0.1, 0.15) is 32.1 Å². The molecule has 23 heavy (non-hydrogen) atoms. The van der Waals surface area contributed by atoms with E-state index in [9.17, 15) is 26.8 Å². The second-order valence-electron chi connectivity index (χ2n) is 6.96. The number of carbonyl (C=O) groups is 2. The van der Waals surface area contributed by atoms with Crippen LogP contribution in [0, 0.1) is 23.2 Å². The number of Topliss-reactive ketones (excluding diaryl/α,β-unsaturated/α-hetero) is 1. The SMILES string of the molecule is COS(=O)(=O)C(F)(F)C(=O)OCC12CC3CC(C1)C(=O)C(C3)C2. The molecule has 4 aliphatic carbocycles. The van der Waals surface area contributed by atoms with Gasteiger partial charge in [0.15, 0.2) is 0 Å². The fourth-order valence-corrected chi connectivity index (χ4v) is 5.07. The maximum Gasteiger partial charge on any atom is 0.466 e. The van der Waals surface area contributed by atoms with Crippen molar-refractivity contribution in [2.45, 2.75) is 37.4 Å². The lowest BCUT2D eigenvalue weighted by Crippen LogP contribution is -2.53. The number of hydrogen-bond acceptors (Lipinski definition) is 6. The van der Waals surface area contributed by atoms with Gasteiger partial charge >= 0.3 is 21.3 Å². The van der Waals surface area contributed by atoms with E-state index in [1.807, 2.05) is 0 Å². The summed E-state index contributed by atoms with van der Waals surface area (Å²) in [6, 6.07) is 0. The molecule has 0 heterocycles. The second kappa shape index (κ2) is 5.20. The lowest BCUT2D eigenvalue weighted by molar-refractivity contribution is -0.173. The quantitative estimate of drug-likeness (QED) is 0.550. The van der Waals surface area contributed by atoms with Gasteiger partial charge in [-0.3, -0.25) is 8.98 Å². The van der Waals surface area contributed by atoms with Crippen molar-refractivity contribution in [2.24, 2.45) is 23.2 Å². The minimum atomic E-state index is -5.35. The smallest absolute Gasteiger partial charge is 0.460 e. The monoisotopic (exact) mass is 352 g/mol. The average molecular weight is 352 g/mol. The number of alkyl halides is 2. The fraction of sp³-hybridized carbons (Fsp3) is 0.857. The van der Waals surface area contributed by atoms with Gasteiger partial charge in [-0.1, -0.05) is 0 Å². The van der Waals surface area contributed by atoms with Gasteiger partial charge in [0.1, 0.15) is 5.78 Å². The van der Waals surface area contributed by atoms with Crippen LogP contribution >= 0.6 is 0 Å². The topological polar surface area (TPSA) is 86.7 Å². The molecule has 2 unspecified atom stereocenters. The Morgan fingerprint density at radius 3 is 2.35 bits per heavy atom. The molecule has 0 amide bonds. The third kappa shape index (κ3) is 2.57. The van der Waals surface area contributed by atoms with Crippen molar-refractivity contribution in [3.8, 4) is 0 Å². The van der Waals surface area contributed by atoms with E-state index in [2.05, 4.69) is 8.92 Å². The maximum absolute atomic E-state index is 13.6. The van der Waals surface area contributed by atoms with Crippen molar-refractivity contribution in [1.29, 1.82) is 0 Å². The molecule has 130 valence electrons. The van der Waals surface area contributed by atoms with E-state index in [1.54, 1.807) is 0 Å². The molecule has 4 saturated carbocycles. The van der Waals surface area contributed by atoms with Crippen LogP contribution in [-0.4, -0.2) is 39.1 Å². The van der Waals surface area contributed by atoms with Crippen molar-refractivity contribution < 1.29 is 35.7 Å². The van der Waals surface area contributed by atoms with E-state index in [4.69, 9.17) is 0 Å². The van der Waals surface area contributed by atoms with Gasteiger partial charge in [-0.2, -0.15) is 17.2 Å². The molecule has 4 aliphatic rings. The largest absolute Gasteiger partial charge is 0.466 e. The number of hydrogen-bond donors (Lipinski definition) is 0. The molecule has 4 bridgehead atoms. The average Bonchev–Trinajstić information content (AvgIpc) is 2.49. The van der Waals surface area contributed by atoms with Crippen LogP contribution in [0.5, 0.6) is 0 Å². The van der Waals surface area contributed by atoms with E-state index in [1.165, 1.54) is 0 Å². The van der Waals surface area contributed by atoms with Gasteiger partial charge < -0.3 is 4.74 Å². The Bertz CT molecular complexity index is 626. The molecule has 9 heteroatoms. The number of rotatable bonds is 5. The summed E-state index contributed by atoms with van der Waals surface area (Å²) in [5, 5.41) is -4.74. The van der Waals surface area contributed by atoms with E-state index in [-0.39, 0.29) is 24.2 Å². The summed E-state index contributed by atoms with van der Waals surface area (Å²) >= 11 is 0. The zero-order valence-electron chi connectivity index (χ0n) is 12.6.